The Hall–Kier alpha value is -1.30. The van der Waals surface area contributed by atoms with E-state index in [4.69, 9.17) is 0 Å². The molecule has 6 heteroatoms. The Bertz CT molecular complexity index is 781. The van der Waals surface area contributed by atoms with Crippen LogP contribution in [0.25, 0.3) is 10.9 Å². The largest absolute Gasteiger partial charge is 1.00 e. The first kappa shape index (κ1) is 27.7. The van der Waals surface area contributed by atoms with E-state index in [-0.39, 0.29) is 43.3 Å². The molecule has 0 fully saturated rings. The summed E-state index contributed by atoms with van der Waals surface area (Å²) < 4.78 is 0. The van der Waals surface area contributed by atoms with Crippen molar-refractivity contribution in [1.82, 2.24) is 10.3 Å². The van der Waals surface area contributed by atoms with E-state index < -0.39 is 12.0 Å². The topological polar surface area (TPSA) is 82.2 Å². The SMILES string of the molecule is CCCCCCCCCCCCCC(=O)N[C@@H](Cc1c[nH]c2ccccc12)C(=O)O.[H-].[Na+]. The molecular formula is C25H39N2NaO3. The summed E-state index contributed by atoms with van der Waals surface area (Å²) in [4.78, 5) is 27.0. The average molecular weight is 439 g/mol. The van der Waals surface area contributed by atoms with E-state index >= 15 is 0 Å². The van der Waals surface area contributed by atoms with Crippen LogP contribution in [0.2, 0.25) is 0 Å². The second-order valence-electron chi connectivity index (χ2n) is 8.31. The van der Waals surface area contributed by atoms with Crippen molar-refractivity contribution in [2.45, 2.75) is 96.4 Å². The van der Waals surface area contributed by atoms with Gasteiger partial charge >= 0.3 is 35.5 Å². The predicted octanol–water partition coefficient (Wildman–Crippen LogP) is 3.10. The number of para-hydroxylation sites is 1. The number of aliphatic carboxylic acids is 1. The molecule has 1 amide bonds. The number of amides is 1. The molecule has 2 aromatic rings. The number of benzene rings is 1. The molecule has 3 N–H and O–H groups in total. The summed E-state index contributed by atoms with van der Waals surface area (Å²) in [5, 5.41) is 13.2. The van der Waals surface area contributed by atoms with Crippen LogP contribution in [0.15, 0.2) is 30.5 Å². The quantitative estimate of drug-likeness (QED) is 0.278. The molecule has 1 heterocycles. The standard InChI is InChI=1S/C25H38N2O3.Na.H/c1-2-3-4-5-6-7-8-9-10-11-12-17-24(28)27-23(25(29)30)18-20-19-26-22-16-14-13-15-21(20)22;;/h13-16,19,23,26H,2-12,17-18H2,1H3,(H,27,28)(H,29,30);;/q;+1;-1/t23-;;/m0../s1. The number of carboxylic acids is 1. The van der Waals surface area contributed by atoms with Crippen molar-refractivity contribution >= 4 is 22.8 Å². The Kier molecular flexibility index (Phi) is 14.6. The number of carbonyl (C=O) groups excluding carboxylic acids is 1. The van der Waals surface area contributed by atoms with Crippen LogP contribution >= 0.6 is 0 Å². The zero-order valence-electron chi connectivity index (χ0n) is 20.4. The molecule has 0 bridgehead atoms. The average Bonchev–Trinajstić information content (AvgIpc) is 3.14. The van der Waals surface area contributed by atoms with Gasteiger partial charge in [-0.3, -0.25) is 4.79 Å². The van der Waals surface area contributed by atoms with Crippen molar-refractivity contribution in [3.05, 3.63) is 36.0 Å². The number of H-pyrrole nitrogens is 1. The van der Waals surface area contributed by atoms with E-state index in [1.54, 1.807) is 0 Å². The minimum atomic E-state index is -0.993. The van der Waals surface area contributed by atoms with Gasteiger partial charge in [0.15, 0.2) is 0 Å². The molecule has 0 spiro atoms. The van der Waals surface area contributed by atoms with Crippen LogP contribution in [0.4, 0.5) is 0 Å². The fourth-order valence-corrected chi connectivity index (χ4v) is 3.94. The molecular weight excluding hydrogens is 399 g/mol. The second kappa shape index (κ2) is 16.3. The molecule has 1 aromatic heterocycles. The monoisotopic (exact) mass is 438 g/mol. The van der Waals surface area contributed by atoms with Crippen LogP contribution in [-0.2, 0) is 16.0 Å². The molecule has 31 heavy (non-hydrogen) atoms. The first-order chi connectivity index (χ1) is 14.6. The molecule has 2 rings (SSSR count). The smallest absolute Gasteiger partial charge is 1.00 e. The van der Waals surface area contributed by atoms with Gasteiger partial charge in [0, 0.05) is 29.9 Å². The maximum Gasteiger partial charge on any atom is 1.00 e. The number of fused-ring (bicyclic) bond motifs is 1. The third kappa shape index (κ3) is 10.7. The second-order valence-corrected chi connectivity index (χ2v) is 8.31. The molecule has 168 valence electrons. The van der Waals surface area contributed by atoms with Crippen molar-refractivity contribution in [3.8, 4) is 0 Å². The maximum absolute atomic E-state index is 12.2. The van der Waals surface area contributed by atoms with E-state index in [1.165, 1.54) is 51.4 Å². The Morgan fingerprint density at radius 1 is 0.968 bits per heavy atom. The summed E-state index contributed by atoms with van der Waals surface area (Å²) in [6.45, 7) is 2.24. The summed E-state index contributed by atoms with van der Waals surface area (Å²) in [5.74, 6) is -1.16. The summed E-state index contributed by atoms with van der Waals surface area (Å²) in [5.41, 5.74) is 1.89. The van der Waals surface area contributed by atoms with E-state index in [9.17, 15) is 14.7 Å². The van der Waals surface area contributed by atoms with Gasteiger partial charge in [-0.15, -0.1) is 0 Å². The number of aromatic nitrogens is 1. The maximum atomic E-state index is 12.2. The number of aromatic amines is 1. The number of carboxylic acid groups (broad SMARTS) is 1. The van der Waals surface area contributed by atoms with Crippen LogP contribution in [0, 0.1) is 0 Å². The van der Waals surface area contributed by atoms with Crippen LogP contribution in [0.1, 0.15) is 91.0 Å². The number of hydrogen-bond acceptors (Lipinski definition) is 2. The Labute approximate surface area is 210 Å². The van der Waals surface area contributed by atoms with E-state index in [2.05, 4.69) is 17.2 Å². The minimum Gasteiger partial charge on any atom is -1.00 e. The minimum absolute atomic E-state index is 0. The number of carbonyl (C=O) groups is 2. The van der Waals surface area contributed by atoms with Gasteiger partial charge in [0.2, 0.25) is 5.91 Å². The number of unbranched alkanes of at least 4 members (excludes halogenated alkanes) is 10. The van der Waals surface area contributed by atoms with Crippen LogP contribution in [-0.4, -0.2) is 28.0 Å². The summed E-state index contributed by atoms with van der Waals surface area (Å²) in [6, 6.07) is 6.89. The van der Waals surface area contributed by atoms with Crippen LogP contribution < -0.4 is 34.9 Å². The van der Waals surface area contributed by atoms with Crippen molar-refractivity contribution in [2.75, 3.05) is 0 Å². The molecule has 1 atom stereocenters. The molecule has 0 saturated carbocycles. The number of hydrogen-bond donors (Lipinski definition) is 3. The van der Waals surface area contributed by atoms with Gasteiger partial charge in [0.05, 0.1) is 0 Å². The molecule has 5 nitrogen and oxygen atoms in total. The Morgan fingerprint density at radius 2 is 1.55 bits per heavy atom. The van der Waals surface area contributed by atoms with Crippen molar-refractivity contribution < 1.29 is 45.7 Å². The van der Waals surface area contributed by atoms with Gasteiger partial charge in [0.1, 0.15) is 6.04 Å². The molecule has 0 radical (unpaired) electrons. The fourth-order valence-electron chi connectivity index (χ4n) is 3.94. The molecule has 0 saturated heterocycles. The first-order valence-electron chi connectivity index (χ1n) is 11.7. The summed E-state index contributed by atoms with van der Waals surface area (Å²) in [6.07, 6.45) is 16.1. The summed E-state index contributed by atoms with van der Waals surface area (Å²) >= 11 is 0. The van der Waals surface area contributed by atoms with Crippen LogP contribution in [0.5, 0.6) is 0 Å². The van der Waals surface area contributed by atoms with Crippen LogP contribution in [0.3, 0.4) is 0 Å². The number of nitrogens with one attached hydrogen (secondary N) is 2. The third-order valence-electron chi connectivity index (χ3n) is 5.74. The van der Waals surface area contributed by atoms with Gasteiger partial charge in [-0.2, -0.15) is 0 Å². The van der Waals surface area contributed by atoms with Gasteiger partial charge < -0.3 is 16.8 Å². The third-order valence-corrected chi connectivity index (χ3v) is 5.74. The molecule has 1 aromatic carbocycles. The van der Waals surface area contributed by atoms with Gasteiger partial charge in [-0.05, 0) is 18.1 Å². The summed E-state index contributed by atoms with van der Waals surface area (Å²) in [7, 11) is 0. The molecule has 0 aliphatic heterocycles. The normalized spacial score (nSPS) is 11.8. The van der Waals surface area contributed by atoms with E-state index in [1.807, 2.05) is 30.5 Å². The van der Waals surface area contributed by atoms with Gasteiger partial charge in [-0.1, -0.05) is 89.3 Å². The molecule has 0 aliphatic carbocycles. The Morgan fingerprint density at radius 3 is 2.16 bits per heavy atom. The number of rotatable bonds is 16. The van der Waals surface area contributed by atoms with Crippen molar-refractivity contribution in [1.29, 1.82) is 0 Å². The Balaban J connectivity index is 0.00000480. The van der Waals surface area contributed by atoms with E-state index in [0.29, 0.717) is 6.42 Å². The first-order valence-corrected chi connectivity index (χ1v) is 11.7. The molecule has 0 aliphatic rings. The predicted molar refractivity (Wildman–Crippen MR) is 124 cm³/mol. The zero-order valence-corrected chi connectivity index (χ0v) is 21.4. The van der Waals surface area contributed by atoms with Crippen molar-refractivity contribution in [3.63, 3.8) is 0 Å². The zero-order chi connectivity index (χ0) is 21.6. The molecule has 0 unspecified atom stereocenters. The van der Waals surface area contributed by atoms with Crippen molar-refractivity contribution in [2.24, 2.45) is 0 Å². The van der Waals surface area contributed by atoms with E-state index in [0.717, 1.165) is 35.7 Å². The fraction of sp³-hybridized carbons (Fsp3) is 0.600. The van der Waals surface area contributed by atoms with Gasteiger partial charge in [-0.25, -0.2) is 4.79 Å². The van der Waals surface area contributed by atoms with Gasteiger partial charge in [0.25, 0.3) is 0 Å².